The van der Waals surface area contributed by atoms with Gasteiger partial charge in [-0.2, -0.15) is 0 Å². The van der Waals surface area contributed by atoms with Crippen LogP contribution in [0.5, 0.6) is 0 Å². The maximum atomic E-state index is 11.7. The molecule has 0 bridgehead atoms. The summed E-state index contributed by atoms with van der Waals surface area (Å²) in [5.74, 6) is 0.346. The second kappa shape index (κ2) is 3.61. The van der Waals surface area contributed by atoms with Crippen LogP contribution in [0.3, 0.4) is 0 Å². The van der Waals surface area contributed by atoms with Crippen molar-refractivity contribution >= 4 is 28.5 Å². The summed E-state index contributed by atoms with van der Waals surface area (Å²) in [6.07, 6.45) is 0. The Kier molecular flexibility index (Phi) is 2.22. The van der Waals surface area contributed by atoms with Crippen molar-refractivity contribution in [2.75, 3.05) is 10.7 Å². The minimum atomic E-state index is -0.0182. The van der Waals surface area contributed by atoms with Crippen molar-refractivity contribution in [2.45, 2.75) is 13.2 Å². The number of amides is 1. The number of fused-ring (bicyclic) bond motifs is 1. The minimum absolute atomic E-state index is 0.0182. The maximum Gasteiger partial charge on any atom is 0.243 e. The molecule has 0 aliphatic carbocycles. The molecule has 2 heterocycles. The van der Waals surface area contributed by atoms with Crippen LogP contribution < -0.4 is 4.90 Å². The van der Waals surface area contributed by atoms with E-state index in [2.05, 4.69) is 0 Å². The highest BCUT2D eigenvalue weighted by molar-refractivity contribution is 8.15. The fourth-order valence-corrected chi connectivity index (χ4v) is 2.73. The lowest BCUT2D eigenvalue weighted by atomic mass is 10.1. The molecule has 1 aromatic rings. The number of benzene rings is 1. The average Bonchev–Trinajstić information content (AvgIpc) is 2.86. The van der Waals surface area contributed by atoms with Crippen molar-refractivity contribution in [2.24, 2.45) is 0 Å². The van der Waals surface area contributed by atoms with Crippen molar-refractivity contribution in [3.05, 3.63) is 29.3 Å². The van der Waals surface area contributed by atoms with Crippen LogP contribution in [0.2, 0.25) is 0 Å². The topological polar surface area (TPSA) is 53.4 Å². The highest BCUT2D eigenvalue weighted by Gasteiger charge is 2.31. The number of carbonyl (C=O) groups is 1. The molecule has 82 valence electrons. The Morgan fingerprint density at radius 2 is 2.25 bits per heavy atom. The van der Waals surface area contributed by atoms with Gasteiger partial charge in [-0.05, 0) is 11.6 Å². The molecular formula is C11H10N2O2S. The molecule has 0 spiro atoms. The summed E-state index contributed by atoms with van der Waals surface area (Å²) in [6, 6.07) is 5.79. The lowest BCUT2D eigenvalue weighted by molar-refractivity contribution is -0.115. The molecule has 1 N–H and O–H groups in total. The molecule has 3 rings (SSSR count). The first-order chi connectivity index (χ1) is 7.77. The molecule has 1 saturated heterocycles. The smallest absolute Gasteiger partial charge is 0.243 e. The van der Waals surface area contributed by atoms with Gasteiger partial charge in [0.1, 0.15) is 0 Å². The number of hydrogen-bond acceptors (Lipinski definition) is 4. The van der Waals surface area contributed by atoms with Crippen LogP contribution in [0.1, 0.15) is 11.1 Å². The number of nitrogens with one attached hydrogen (secondary N) is 1. The average molecular weight is 234 g/mol. The van der Waals surface area contributed by atoms with E-state index in [1.165, 1.54) is 16.7 Å². The van der Waals surface area contributed by atoms with Gasteiger partial charge < -0.3 is 4.74 Å². The Hall–Kier alpha value is -1.33. The first kappa shape index (κ1) is 9.86. The van der Waals surface area contributed by atoms with E-state index in [1.54, 1.807) is 0 Å². The van der Waals surface area contributed by atoms with Crippen LogP contribution in [0.4, 0.5) is 5.69 Å². The van der Waals surface area contributed by atoms with Gasteiger partial charge in [-0.3, -0.25) is 15.1 Å². The van der Waals surface area contributed by atoms with E-state index in [1.807, 2.05) is 18.2 Å². The molecule has 5 heteroatoms. The summed E-state index contributed by atoms with van der Waals surface area (Å²) in [5, 5.41) is 8.07. The third kappa shape index (κ3) is 1.36. The first-order valence-corrected chi connectivity index (χ1v) is 5.99. The number of thioether (sulfide) groups is 1. The number of hydrogen-bond donors (Lipinski definition) is 1. The summed E-state index contributed by atoms with van der Waals surface area (Å²) in [5.41, 5.74) is 2.98. The van der Waals surface area contributed by atoms with E-state index in [0.29, 0.717) is 24.1 Å². The lowest BCUT2D eigenvalue weighted by Crippen LogP contribution is -2.29. The number of nitrogens with zero attached hydrogens (tertiary/aromatic N) is 1. The predicted molar refractivity (Wildman–Crippen MR) is 62.6 cm³/mol. The summed E-state index contributed by atoms with van der Waals surface area (Å²) in [4.78, 5) is 13.2. The summed E-state index contributed by atoms with van der Waals surface area (Å²) in [6.45, 7) is 1.14. The monoisotopic (exact) mass is 234 g/mol. The molecule has 0 unspecified atom stereocenters. The van der Waals surface area contributed by atoms with Crippen molar-refractivity contribution < 1.29 is 9.53 Å². The van der Waals surface area contributed by atoms with Gasteiger partial charge in [-0.25, -0.2) is 0 Å². The van der Waals surface area contributed by atoms with Crippen molar-refractivity contribution in [1.29, 1.82) is 5.41 Å². The van der Waals surface area contributed by atoms with Crippen molar-refractivity contribution in [1.82, 2.24) is 0 Å². The van der Waals surface area contributed by atoms with Gasteiger partial charge in [0, 0.05) is 5.56 Å². The number of anilines is 1. The highest BCUT2D eigenvalue weighted by atomic mass is 32.2. The Labute approximate surface area is 97.1 Å². The van der Waals surface area contributed by atoms with Crippen molar-refractivity contribution in [3.8, 4) is 0 Å². The van der Waals surface area contributed by atoms with Gasteiger partial charge in [-0.1, -0.05) is 23.9 Å². The second-order valence-electron chi connectivity index (χ2n) is 3.73. The van der Waals surface area contributed by atoms with E-state index in [9.17, 15) is 4.79 Å². The van der Waals surface area contributed by atoms with Crippen LogP contribution in [-0.4, -0.2) is 16.8 Å². The molecule has 4 nitrogen and oxygen atoms in total. The van der Waals surface area contributed by atoms with Gasteiger partial charge in [0.25, 0.3) is 0 Å². The van der Waals surface area contributed by atoms with Crippen LogP contribution in [0.25, 0.3) is 0 Å². The molecule has 0 aromatic heterocycles. The van der Waals surface area contributed by atoms with Crippen LogP contribution >= 0.6 is 11.8 Å². The van der Waals surface area contributed by atoms with Gasteiger partial charge in [0.2, 0.25) is 5.91 Å². The van der Waals surface area contributed by atoms with E-state index >= 15 is 0 Å². The molecule has 0 atom stereocenters. The first-order valence-electron chi connectivity index (χ1n) is 5.00. The largest absolute Gasteiger partial charge is 0.372 e. The van der Waals surface area contributed by atoms with Gasteiger partial charge in [0.15, 0.2) is 5.17 Å². The SMILES string of the molecule is N=C1SCC(=O)N1c1cccc2c1COC2. The summed E-state index contributed by atoms with van der Waals surface area (Å²) < 4.78 is 5.37. The van der Waals surface area contributed by atoms with Crippen LogP contribution in [-0.2, 0) is 22.7 Å². The maximum absolute atomic E-state index is 11.7. The van der Waals surface area contributed by atoms with Crippen molar-refractivity contribution in [3.63, 3.8) is 0 Å². The highest BCUT2D eigenvalue weighted by Crippen LogP contribution is 2.33. The Morgan fingerprint density at radius 3 is 3.00 bits per heavy atom. The minimum Gasteiger partial charge on any atom is -0.372 e. The molecule has 2 aliphatic heterocycles. The van der Waals surface area contributed by atoms with E-state index in [-0.39, 0.29) is 5.91 Å². The lowest BCUT2D eigenvalue weighted by Gasteiger charge is -2.17. The zero-order chi connectivity index (χ0) is 11.1. The van der Waals surface area contributed by atoms with E-state index in [4.69, 9.17) is 10.1 Å². The molecule has 0 saturated carbocycles. The summed E-state index contributed by atoms with van der Waals surface area (Å²) >= 11 is 1.27. The Morgan fingerprint density at radius 1 is 1.38 bits per heavy atom. The normalized spacial score (nSPS) is 19.4. The molecule has 2 aliphatic rings. The van der Waals surface area contributed by atoms with Gasteiger partial charge >= 0.3 is 0 Å². The molecule has 1 aromatic carbocycles. The molecular weight excluding hydrogens is 224 g/mol. The second-order valence-corrected chi connectivity index (χ2v) is 4.69. The fourth-order valence-electron chi connectivity index (χ4n) is 2.01. The molecule has 0 radical (unpaired) electrons. The molecule has 16 heavy (non-hydrogen) atoms. The van der Waals surface area contributed by atoms with Crippen LogP contribution in [0, 0.1) is 5.41 Å². The zero-order valence-electron chi connectivity index (χ0n) is 8.53. The number of ether oxygens (including phenoxy) is 1. The van der Waals surface area contributed by atoms with Gasteiger partial charge in [-0.15, -0.1) is 0 Å². The summed E-state index contributed by atoms with van der Waals surface area (Å²) in [7, 11) is 0. The number of rotatable bonds is 1. The fraction of sp³-hybridized carbons (Fsp3) is 0.273. The number of amidine groups is 1. The Balaban J connectivity index is 2.10. The van der Waals surface area contributed by atoms with E-state index < -0.39 is 0 Å². The Bertz CT molecular complexity index is 471. The van der Waals surface area contributed by atoms with E-state index in [0.717, 1.165) is 16.8 Å². The molecule has 1 fully saturated rings. The van der Waals surface area contributed by atoms with Gasteiger partial charge in [0.05, 0.1) is 24.7 Å². The zero-order valence-corrected chi connectivity index (χ0v) is 9.34. The van der Waals surface area contributed by atoms with Crippen LogP contribution in [0.15, 0.2) is 18.2 Å². The quantitative estimate of drug-likeness (QED) is 0.805. The third-order valence-corrected chi connectivity index (χ3v) is 3.63. The third-order valence-electron chi connectivity index (χ3n) is 2.78. The number of carbonyl (C=O) groups excluding carboxylic acids is 1. The predicted octanol–water partition coefficient (Wildman–Crippen LogP) is 1.73. The standard InChI is InChI=1S/C11H10N2O2S/c12-11-13(10(14)6-16-11)9-3-1-2-7-4-15-5-8(7)9/h1-3,12H,4-6H2. The molecule has 1 amide bonds.